The van der Waals surface area contributed by atoms with Crippen molar-refractivity contribution in [3.63, 3.8) is 0 Å². The van der Waals surface area contributed by atoms with E-state index in [1.165, 1.54) is 0 Å². The fourth-order valence-electron chi connectivity index (χ4n) is 2.27. The second kappa shape index (κ2) is 7.91. The molecular weight excluding hydrogens is 479 g/mol. The highest BCUT2D eigenvalue weighted by molar-refractivity contribution is 9.11. The maximum Gasteiger partial charge on any atom is 0.137 e. The van der Waals surface area contributed by atoms with Gasteiger partial charge in [0.25, 0.3) is 0 Å². The van der Waals surface area contributed by atoms with E-state index in [9.17, 15) is 0 Å². The molecule has 3 aromatic rings. The number of halogens is 4. The fourth-order valence-corrected chi connectivity index (χ4v) is 4.16. The van der Waals surface area contributed by atoms with E-state index in [2.05, 4.69) is 41.8 Å². The van der Waals surface area contributed by atoms with E-state index in [1.807, 2.05) is 18.2 Å². The summed E-state index contributed by atoms with van der Waals surface area (Å²) in [5.74, 6) is 1.63. The molecule has 0 fully saturated rings. The fraction of sp³-hybridized carbons (Fsp3) is 0.118. The predicted octanol–water partition coefficient (Wildman–Crippen LogP) is 6.41. The zero-order chi connectivity index (χ0) is 17.1. The van der Waals surface area contributed by atoms with E-state index >= 15 is 0 Å². The Labute approximate surface area is 166 Å². The summed E-state index contributed by atoms with van der Waals surface area (Å²) in [7, 11) is 0. The summed E-state index contributed by atoms with van der Waals surface area (Å²) >= 11 is 19.2. The van der Waals surface area contributed by atoms with Gasteiger partial charge in [-0.3, -0.25) is 0 Å². The summed E-state index contributed by atoms with van der Waals surface area (Å²) in [4.78, 5) is 7.38. The highest BCUT2D eigenvalue weighted by Crippen LogP contribution is 2.35. The van der Waals surface area contributed by atoms with Gasteiger partial charge in [0.1, 0.15) is 18.2 Å². The summed E-state index contributed by atoms with van der Waals surface area (Å²) < 4.78 is 7.87. The maximum absolute atomic E-state index is 6.22. The van der Waals surface area contributed by atoms with Crippen LogP contribution in [0.2, 0.25) is 10.0 Å². The number of aromatic amines is 1. The minimum Gasteiger partial charge on any atom is -0.487 e. The number of hydrogen-bond donors (Lipinski definition) is 1. The Kier molecular flexibility index (Phi) is 5.87. The van der Waals surface area contributed by atoms with Gasteiger partial charge in [-0.05, 0) is 40.2 Å². The van der Waals surface area contributed by atoms with Crippen LogP contribution >= 0.6 is 55.1 Å². The van der Waals surface area contributed by atoms with Gasteiger partial charge >= 0.3 is 0 Å². The van der Waals surface area contributed by atoms with E-state index in [1.54, 1.807) is 24.5 Å². The molecule has 1 aromatic heterocycles. The van der Waals surface area contributed by atoms with Gasteiger partial charge in [-0.25, -0.2) is 4.98 Å². The Morgan fingerprint density at radius 3 is 2.62 bits per heavy atom. The Morgan fingerprint density at radius 1 is 1.08 bits per heavy atom. The van der Waals surface area contributed by atoms with Crippen molar-refractivity contribution in [3.05, 3.63) is 78.7 Å². The van der Waals surface area contributed by atoms with Gasteiger partial charge in [-0.15, -0.1) is 0 Å². The molecule has 124 valence electrons. The molecule has 3 rings (SSSR count). The normalized spacial score (nSPS) is 10.8. The molecule has 0 saturated carbocycles. The number of rotatable bonds is 5. The molecule has 0 aliphatic rings. The van der Waals surface area contributed by atoms with Gasteiger partial charge in [0.05, 0.1) is 4.47 Å². The van der Waals surface area contributed by atoms with Crippen LogP contribution in [0.3, 0.4) is 0 Å². The lowest BCUT2D eigenvalue weighted by atomic mass is 10.1. The topological polar surface area (TPSA) is 37.9 Å². The largest absolute Gasteiger partial charge is 0.487 e. The zero-order valence-corrected chi connectivity index (χ0v) is 17.0. The van der Waals surface area contributed by atoms with Crippen molar-refractivity contribution in [2.24, 2.45) is 0 Å². The first-order valence-electron chi connectivity index (χ1n) is 7.06. The van der Waals surface area contributed by atoms with Gasteiger partial charge in [-0.1, -0.05) is 45.2 Å². The smallest absolute Gasteiger partial charge is 0.137 e. The van der Waals surface area contributed by atoms with Crippen molar-refractivity contribution < 1.29 is 4.74 Å². The van der Waals surface area contributed by atoms with Crippen LogP contribution in [0.25, 0.3) is 0 Å². The van der Waals surface area contributed by atoms with E-state index in [-0.39, 0.29) is 0 Å². The Bertz CT molecular complexity index is 854. The molecule has 0 unspecified atom stereocenters. The average Bonchev–Trinajstić information content (AvgIpc) is 3.01. The monoisotopic (exact) mass is 488 g/mol. The van der Waals surface area contributed by atoms with Crippen molar-refractivity contribution >= 4 is 55.1 Å². The number of hydrogen-bond acceptors (Lipinski definition) is 2. The van der Waals surface area contributed by atoms with Crippen LogP contribution in [0.15, 0.2) is 51.7 Å². The standard InChI is InChI=1S/C17H12Br2Cl2N2O/c18-12-5-11(6-16-22-3-4-23-16)17(14(19)7-12)24-9-10-1-2-13(20)8-15(10)21/h1-5,7-8H,6,9H2,(H,22,23). The number of nitrogens with zero attached hydrogens (tertiary/aromatic N) is 1. The van der Waals surface area contributed by atoms with Gasteiger partial charge in [-0.2, -0.15) is 0 Å². The Morgan fingerprint density at radius 2 is 1.92 bits per heavy atom. The second-order valence-electron chi connectivity index (χ2n) is 5.11. The van der Waals surface area contributed by atoms with Gasteiger partial charge in [0, 0.05) is 44.5 Å². The average molecular weight is 491 g/mol. The first-order valence-corrected chi connectivity index (χ1v) is 9.40. The molecule has 0 aliphatic heterocycles. The van der Waals surface area contributed by atoms with Crippen LogP contribution in [-0.4, -0.2) is 9.97 Å². The lowest BCUT2D eigenvalue weighted by molar-refractivity contribution is 0.301. The predicted molar refractivity (Wildman–Crippen MR) is 104 cm³/mol. The third-order valence-electron chi connectivity index (χ3n) is 3.39. The number of H-pyrrole nitrogens is 1. The zero-order valence-electron chi connectivity index (χ0n) is 12.3. The number of benzene rings is 2. The molecular formula is C17H12Br2Cl2N2O. The van der Waals surface area contributed by atoms with Crippen LogP contribution in [0, 0.1) is 0 Å². The third-order valence-corrected chi connectivity index (χ3v) is 5.02. The molecule has 0 amide bonds. The van der Waals surface area contributed by atoms with E-state index in [0.29, 0.717) is 23.1 Å². The molecule has 0 saturated heterocycles. The molecule has 3 nitrogen and oxygen atoms in total. The molecule has 1 N–H and O–H groups in total. The van der Waals surface area contributed by atoms with Gasteiger partial charge in [0.15, 0.2) is 0 Å². The third kappa shape index (κ3) is 4.33. The van der Waals surface area contributed by atoms with E-state index < -0.39 is 0 Å². The molecule has 0 aliphatic carbocycles. The lowest BCUT2D eigenvalue weighted by Crippen LogP contribution is -2.02. The van der Waals surface area contributed by atoms with Crippen LogP contribution in [0.5, 0.6) is 5.75 Å². The first kappa shape index (κ1) is 17.8. The quantitative estimate of drug-likeness (QED) is 0.448. The van der Waals surface area contributed by atoms with Crippen molar-refractivity contribution in [1.82, 2.24) is 9.97 Å². The molecule has 7 heteroatoms. The van der Waals surface area contributed by atoms with Gasteiger partial charge < -0.3 is 9.72 Å². The Balaban J connectivity index is 1.86. The summed E-state index contributed by atoms with van der Waals surface area (Å²) in [5.41, 5.74) is 1.89. The molecule has 0 radical (unpaired) electrons. The maximum atomic E-state index is 6.22. The van der Waals surface area contributed by atoms with Crippen LogP contribution in [-0.2, 0) is 13.0 Å². The lowest BCUT2D eigenvalue weighted by Gasteiger charge is -2.14. The summed E-state index contributed by atoms with van der Waals surface area (Å²) in [6, 6.07) is 9.34. The molecule has 1 heterocycles. The number of ether oxygens (including phenoxy) is 1. The number of aromatic nitrogens is 2. The molecule has 0 spiro atoms. The number of nitrogens with one attached hydrogen (secondary N) is 1. The molecule has 0 bridgehead atoms. The second-order valence-corrected chi connectivity index (χ2v) is 7.73. The SMILES string of the molecule is Clc1ccc(COc2c(Br)cc(Br)cc2Cc2ncc[nH]2)c(Cl)c1. The van der Waals surface area contributed by atoms with Crippen LogP contribution in [0.4, 0.5) is 0 Å². The van der Waals surface area contributed by atoms with E-state index in [4.69, 9.17) is 27.9 Å². The first-order chi connectivity index (χ1) is 11.5. The van der Waals surface area contributed by atoms with Gasteiger partial charge in [0.2, 0.25) is 0 Å². The minimum atomic E-state index is 0.349. The summed E-state index contributed by atoms with van der Waals surface area (Å²) in [5, 5.41) is 1.19. The summed E-state index contributed by atoms with van der Waals surface area (Å²) in [6.07, 6.45) is 4.17. The van der Waals surface area contributed by atoms with Crippen molar-refractivity contribution in [2.75, 3.05) is 0 Å². The molecule has 24 heavy (non-hydrogen) atoms. The van der Waals surface area contributed by atoms with E-state index in [0.717, 1.165) is 31.6 Å². The highest BCUT2D eigenvalue weighted by Gasteiger charge is 2.13. The Hall–Kier alpha value is -1.01. The van der Waals surface area contributed by atoms with Crippen molar-refractivity contribution in [3.8, 4) is 5.75 Å². The van der Waals surface area contributed by atoms with Crippen molar-refractivity contribution in [1.29, 1.82) is 0 Å². The van der Waals surface area contributed by atoms with Crippen LogP contribution < -0.4 is 4.74 Å². The molecule has 2 aromatic carbocycles. The van der Waals surface area contributed by atoms with Crippen molar-refractivity contribution in [2.45, 2.75) is 13.0 Å². The molecule has 0 atom stereocenters. The number of imidazole rings is 1. The summed E-state index contributed by atoms with van der Waals surface area (Å²) in [6.45, 7) is 0.349. The minimum absolute atomic E-state index is 0.349. The van der Waals surface area contributed by atoms with Crippen LogP contribution in [0.1, 0.15) is 17.0 Å². The highest BCUT2D eigenvalue weighted by atomic mass is 79.9.